The van der Waals surface area contributed by atoms with Gasteiger partial charge in [-0.25, -0.2) is 5.10 Å². The number of aromatic nitrogens is 3. The molecule has 158 valence electrons. The summed E-state index contributed by atoms with van der Waals surface area (Å²) in [6, 6.07) is 5.98. The van der Waals surface area contributed by atoms with Gasteiger partial charge in [0.05, 0.1) is 11.4 Å². The van der Waals surface area contributed by atoms with Crippen LogP contribution in [0.5, 0.6) is 0 Å². The van der Waals surface area contributed by atoms with Gasteiger partial charge in [-0.05, 0) is 38.5 Å². The third-order valence-electron chi connectivity index (χ3n) is 6.16. The Morgan fingerprint density at radius 2 is 2.19 bits per heavy atom. The number of H-pyrrole nitrogens is 1. The number of benzene rings is 1. The van der Waals surface area contributed by atoms with Gasteiger partial charge in [0.15, 0.2) is 5.82 Å². The zero-order valence-electron chi connectivity index (χ0n) is 17.4. The molecule has 1 aromatic carbocycles. The van der Waals surface area contributed by atoms with Gasteiger partial charge in [-0.2, -0.15) is 5.10 Å². The van der Waals surface area contributed by atoms with Crippen LogP contribution in [0.15, 0.2) is 46.3 Å². The predicted octanol–water partition coefficient (Wildman–Crippen LogP) is 3.30. The van der Waals surface area contributed by atoms with Crippen LogP contribution in [0.4, 0.5) is 5.82 Å². The number of anilines is 1. The molecule has 1 atom stereocenters. The molecule has 1 aliphatic heterocycles. The summed E-state index contributed by atoms with van der Waals surface area (Å²) in [7, 11) is 0. The van der Waals surface area contributed by atoms with Crippen molar-refractivity contribution in [2.75, 3.05) is 18.8 Å². The van der Waals surface area contributed by atoms with Crippen LogP contribution in [-0.2, 0) is 4.79 Å². The Bertz CT molecular complexity index is 1420. The van der Waals surface area contributed by atoms with Crippen LogP contribution in [0.1, 0.15) is 23.6 Å². The first-order valence-corrected chi connectivity index (χ1v) is 10.2. The van der Waals surface area contributed by atoms with Gasteiger partial charge in [0.2, 0.25) is 5.91 Å². The van der Waals surface area contributed by atoms with E-state index in [9.17, 15) is 9.59 Å². The van der Waals surface area contributed by atoms with Crippen LogP contribution in [0, 0.1) is 13.8 Å². The molecule has 5 rings (SSSR count). The standard InChI is InChI=1S/C23H23N5O3/c1-4-18(29)27-8-7-14(10-27)28-11-16(19-20(28)23(30)26-25-22(19)24)21-13(3)15-9-12(2)5-6-17(15)31-21/h4-6,9,11,14H,1,7-8,10H2,2-3H3,(H2,24,25)(H,26,30)/t14-/m0/s1. The third kappa shape index (κ3) is 2.86. The van der Waals surface area contributed by atoms with Crippen LogP contribution < -0.4 is 11.3 Å². The summed E-state index contributed by atoms with van der Waals surface area (Å²) in [5.41, 5.74) is 9.97. The number of carbonyl (C=O) groups is 1. The lowest BCUT2D eigenvalue weighted by molar-refractivity contribution is -0.125. The number of nitrogens with one attached hydrogen (secondary N) is 1. The fourth-order valence-corrected chi connectivity index (χ4v) is 4.58. The first-order chi connectivity index (χ1) is 14.9. The zero-order chi connectivity index (χ0) is 21.9. The molecule has 31 heavy (non-hydrogen) atoms. The van der Waals surface area contributed by atoms with Crippen molar-refractivity contribution in [3.8, 4) is 11.3 Å². The SMILES string of the molecule is C=CC(=O)N1CC[C@H](n2cc(-c3oc4ccc(C)cc4c3C)c3c(N)n[nH]c(=O)c32)C1. The van der Waals surface area contributed by atoms with Gasteiger partial charge in [-0.3, -0.25) is 9.59 Å². The number of hydrogen-bond donors (Lipinski definition) is 2. The summed E-state index contributed by atoms with van der Waals surface area (Å²) in [5.74, 6) is 0.787. The maximum atomic E-state index is 12.8. The summed E-state index contributed by atoms with van der Waals surface area (Å²) < 4.78 is 8.12. The first kappa shape index (κ1) is 19.2. The Morgan fingerprint density at radius 1 is 1.39 bits per heavy atom. The number of fused-ring (bicyclic) bond motifs is 2. The molecule has 8 heteroatoms. The molecule has 4 aromatic rings. The number of nitrogen functional groups attached to an aromatic ring is 1. The summed E-state index contributed by atoms with van der Waals surface area (Å²) in [6.07, 6.45) is 3.95. The highest BCUT2D eigenvalue weighted by Crippen LogP contribution is 2.40. The number of rotatable bonds is 3. The molecular formula is C23H23N5O3. The molecule has 0 radical (unpaired) electrons. The van der Waals surface area contributed by atoms with Crippen LogP contribution in [-0.4, -0.2) is 38.7 Å². The summed E-state index contributed by atoms with van der Waals surface area (Å²) in [5, 5.41) is 8.07. The van der Waals surface area contributed by atoms with Crippen molar-refractivity contribution in [3.05, 3.63) is 58.5 Å². The Labute approximate surface area is 177 Å². The van der Waals surface area contributed by atoms with Gasteiger partial charge in [0, 0.05) is 35.8 Å². The zero-order valence-corrected chi connectivity index (χ0v) is 17.4. The minimum atomic E-state index is -0.325. The Balaban J connectivity index is 1.73. The van der Waals surface area contributed by atoms with Gasteiger partial charge in [-0.1, -0.05) is 18.2 Å². The maximum absolute atomic E-state index is 12.8. The van der Waals surface area contributed by atoms with Crippen molar-refractivity contribution in [3.63, 3.8) is 0 Å². The van der Waals surface area contributed by atoms with E-state index < -0.39 is 0 Å². The first-order valence-electron chi connectivity index (χ1n) is 10.2. The highest BCUT2D eigenvalue weighted by Gasteiger charge is 2.30. The lowest BCUT2D eigenvalue weighted by Crippen LogP contribution is -2.27. The highest BCUT2D eigenvalue weighted by atomic mass is 16.3. The van der Waals surface area contributed by atoms with E-state index in [-0.39, 0.29) is 23.3 Å². The van der Waals surface area contributed by atoms with Gasteiger partial charge in [0.25, 0.3) is 5.56 Å². The number of aryl methyl sites for hydroxylation is 2. The van der Waals surface area contributed by atoms with Crippen molar-refractivity contribution >= 4 is 33.6 Å². The minimum Gasteiger partial charge on any atom is -0.456 e. The molecule has 0 unspecified atom stereocenters. The van der Waals surface area contributed by atoms with Crippen molar-refractivity contribution < 1.29 is 9.21 Å². The van der Waals surface area contributed by atoms with E-state index >= 15 is 0 Å². The molecule has 3 aromatic heterocycles. The molecular weight excluding hydrogens is 394 g/mol. The largest absolute Gasteiger partial charge is 0.456 e. The molecule has 4 heterocycles. The average Bonchev–Trinajstić information content (AvgIpc) is 3.46. The van der Waals surface area contributed by atoms with Gasteiger partial charge >= 0.3 is 0 Å². The maximum Gasteiger partial charge on any atom is 0.288 e. The van der Waals surface area contributed by atoms with Gasteiger partial charge in [0.1, 0.15) is 16.9 Å². The summed E-state index contributed by atoms with van der Waals surface area (Å²) >= 11 is 0. The lowest BCUT2D eigenvalue weighted by atomic mass is 10.1. The fourth-order valence-electron chi connectivity index (χ4n) is 4.58. The number of nitrogens with zero attached hydrogens (tertiary/aromatic N) is 3. The molecule has 3 N–H and O–H groups in total. The number of furan rings is 1. The van der Waals surface area contributed by atoms with E-state index in [1.54, 1.807) is 4.90 Å². The number of amides is 1. The molecule has 1 fully saturated rings. The van der Waals surface area contributed by atoms with E-state index in [1.165, 1.54) is 6.08 Å². The third-order valence-corrected chi connectivity index (χ3v) is 6.16. The van der Waals surface area contributed by atoms with E-state index in [1.807, 2.05) is 36.7 Å². The molecule has 0 bridgehead atoms. The number of hydrogen-bond acceptors (Lipinski definition) is 5. The van der Waals surface area contributed by atoms with Crippen LogP contribution >= 0.6 is 0 Å². The Hall–Kier alpha value is -3.81. The van der Waals surface area contributed by atoms with E-state index in [0.717, 1.165) is 34.1 Å². The summed E-state index contributed by atoms with van der Waals surface area (Å²) in [6.45, 7) is 8.70. The van der Waals surface area contributed by atoms with Crippen LogP contribution in [0.3, 0.4) is 0 Å². The van der Waals surface area contributed by atoms with Gasteiger partial charge < -0.3 is 19.6 Å². The normalized spacial score (nSPS) is 16.5. The van der Waals surface area contributed by atoms with Crippen LogP contribution in [0.25, 0.3) is 33.2 Å². The van der Waals surface area contributed by atoms with E-state index in [4.69, 9.17) is 10.2 Å². The molecule has 8 nitrogen and oxygen atoms in total. The molecule has 1 amide bonds. The van der Waals surface area contributed by atoms with E-state index in [2.05, 4.69) is 22.8 Å². The van der Waals surface area contributed by atoms with E-state index in [0.29, 0.717) is 29.8 Å². The van der Waals surface area contributed by atoms with Crippen LogP contribution in [0.2, 0.25) is 0 Å². The number of nitrogens with two attached hydrogens (primary N) is 1. The lowest BCUT2D eigenvalue weighted by Gasteiger charge is -2.16. The molecule has 0 spiro atoms. The molecule has 0 saturated carbocycles. The fraction of sp³-hybridized carbons (Fsp3) is 0.261. The monoisotopic (exact) mass is 417 g/mol. The number of aromatic amines is 1. The molecule has 1 saturated heterocycles. The van der Waals surface area contributed by atoms with Crippen molar-refractivity contribution in [2.45, 2.75) is 26.3 Å². The smallest absolute Gasteiger partial charge is 0.288 e. The molecule has 1 aliphatic rings. The van der Waals surface area contributed by atoms with Crippen molar-refractivity contribution in [1.82, 2.24) is 19.7 Å². The second kappa shape index (κ2) is 6.87. The minimum absolute atomic E-state index is 0.0602. The molecule has 0 aliphatic carbocycles. The topological polar surface area (TPSA) is 110 Å². The van der Waals surface area contributed by atoms with Crippen molar-refractivity contribution in [1.29, 1.82) is 0 Å². The number of carbonyl (C=O) groups excluding carboxylic acids is 1. The highest BCUT2D eigenvalue weighted by molar-refractivity contribution is 6.03. The second-order valence-corrected chi connectivity index (χ2v) is 8.10. The second-order valence-electron chi connectivity index (χ2n) is 8.10. The summed E-state index contributed by atoms with van der Waals surface area (Å²) in [4.78, 5) is 26.6. The van der Waals surface area contributed by atoms with Gasteiger partial charge in [-0.15, -0.1) is 0 Å². The van der Waals surface area contributed by atoms with Crippen molar-refractivity contribution in [2.24, 2.45) is 0 Å². The number of likely N-dealkylation sites (tertiary alicyclic amines) is 1. The quantitative estimate of drug-likeness (QED) is 0.497. The average molecular weight is 417 g/mol. The predicted molar refractivity (Wildman–Crippen MR) is 120 cm³/mol. The Morgan fingerprint density at radius 3 is 2.97 bits per heavy atom. The Kier molecular flexibility index (Phi) is 4.25.